The summed E-state index contributed by atoms with van der Waals surface area (Å²) in [5, 5.41) is 10.5. The molecule has 0 radical (unpaired) electrons. The van der Waals surface area contributed by atoms with Gasteiger partial charge in [0.25, 0.3) is 0 Å². The van der Waals surface area contributed by atoms with Crippen LogP contribution in [0.1, 0.15) is 324 Å². The normalized spacial score (nSPS) is 14.9. The third-order valence-corrected chi connectivity index (χ3v) is 17.6. The number of aliphatic hydroxyl groups is 1. The largest absolute Gasteiger partial charge is 0.472 e. The number of esters is 4. The molecule has 17 nitrogen and oxygen atoms in total. The lowest BCUT2D eigenvalue weighted by molar-refractivity contribution is -0.161. The van der Waals surface area contributed by atoms with Crippen LogP contribution < -0.4 is 0 Å². The van der Waals surface area contributed by atoms with Gasteiger partial charge in [0, 0.05) is 25.7 Å². The second kappa shape index (κ2) is 57.5. The van der Waals surface area contributed by atoms with E-state index in [1.165, 1.54) is 122 Å². The topological polar surface area (TPSA) is 237 Å². The number of phosphoric ester groups is 2. The Morgan fingerprint density at radius 3 is 0.845 bits per heavy atom. The molecule has 0 heterocycles. The molecule has 84 heavy (non-hydrogen) atoms. The lowest BCUT2D eigenvalue weighted by atomic mass is 9.99. The molecule has 0 rings (SSSR count). The summed E-state index contributed by atoms with van der Waals surface area (Å²) in [6.45, 7) is 9.46. The van der Waals surface area contributed by atoms with E-state index in [9.17, 15) is 43.2 Å². The average molecular weight is 1240 g/mol. The van der Waals surface area contributed by atoms with Gasteiger partial charge in [0.1, 0.15) is 19.3 Å². The first-order valence-electron chi connectivity index (χ1n) is 34.1. The van der Waals surface area contributed by atoms with Crippen LogP contribution >= 0.6 is 15.6 Å². The van der Waals surface area contributed by atoms with Gasteiger partial charge in [-0.2, -0.15) is 0 Å². The van der Waals surface area contributed by atoms with Gasteiger partial charge in [0.05, 0.1) is 26.4 Å². The van der Waals surface area contributed by atoms with Gasteiger partial charge < -0.3 is 33.8 Å². The Morgan fingerprint density at radius 1 is 0.333 bits per heavy atom. The van der Waals surface area contributed by atoms with Crippen molar-refractivity contribution < 1.29 is 80.2 Å². The molecular weight excluding hydrogens is 1110 g/mol. The van der Waals surface area contributed by atoms with Crippen molar-refractivity contribution in [2.75, 3.05) is 39.6 Å². The molecule has 0 bridgehead atoms. The summed E-state index contributed by atoms with van der Waals surface area (Å²) in [5.41, 5.74) is 0. The highest BCUT2D eigenvalue weighted by Gasteiger charge is 2.30. The molecule has 0 aromatic rings. The molecule has 0 saturated heterocycles. The Balaban J connectivity index is 5.17. The van der Waals surface area contributed by atoms with Crippen molar-refractivity contribution in [3.05, 3.63) is 0 Å². The lowest BCUT2D eigenvalue weighted by Crippen LogP contribution is -2.30. The number of unbranched alkanes of at least 4 members (excludes halogenated alkanes) is 32. The maximum Gasteiger partial charge on any atom is 0.472 e. The summed E-state index contributed by atoms with van der Waals surface area (Å²) in [6.07, 6.45) is 40.4. The Bertz CT molecular complexity index is 1650. The zero-order valence-electron chi connectivity index (χ0n) is 54.2. The molecular formula is C65H126O17P2. The van der Waals surface area contributed by atoms with Gasteiger partial charge in [0.15, 0.2) is 12.2 Å². The quantitative estimate of drug-likeness (QED) is 0.0222. The van der Waals surface area contributed by atoms with Gasteiger partial charge in [-0.3, -0.25) is 37.3 Å². The Morgan fingerprint density at radius 2 is 0.571 bits per heavy atom. The van der Waals surface area contributed by atoms with Crippen molar-refractivity contribution in [2.24, 2.45) is 11.8 Å². The highest BCUT2D eigenvalue weighted by atomic mass is 31.2. The fourth-order valence-corrected chi connectivity index (χ4v) is 11.2. The summed E-state index contributed by atoms with van der Waals surface area (Å²) in [5.74, 6) is -0.562. The Labute approximate surface area is 511 Å². The predicted molar refractivity (Wildman–Crippen MR) is 335 cm³/mol. The summed E-state index contributed by atoms with van der Waals surface area (Å²) >= 11 is 0. The van der Waals surface area contributed by atoms with Gasteiger partial charge >= 0.3 is 39.5 Å². The van der Waals surface area contributed by atoms with Crippen LogP contribution in [0.15, 0.2) is 0 Å². The van der Waals surface area contributed by atoms with E-state index in [0.29, 0.717) is 25.7 Å². The molecule has 0 aliphatic rings. The second-order valence-electron chi connectivity index (χ2n) is 24.0. The zero-order valence-corrected chi connectivity index (χ0v) is 56.0. The number of aliphatic hydroxyl groups excluding tert-OH is 1. The summed E-state index contributed by atoms with van der Waals surface area (Å²) in [6, 6.07) is 0. The molecule has 0 aromatic heterocycles. The first-order chi connectivity index (χ1) is 40.4. The summed E-state index contributed by atoms with van der Waals surface area (Å²) in [7, 11) is -9.88. The van der Waals surface area contributed by atoms with Crippen LogP contribution in [0.2, 0.25) is 0 Å². The van der Waals surface area contributed by atoms with Gasteiger partial charge in [-0.15, -0.1) is 0 Å². The van der Waals surface area contributed by atoms with Crippen LogP contribution in [0, 0.1) is 11.8 Å². The third kappa shape index (κ3) is 56.6. The molecule has 19 heteroatoms. The molecule has 0 amide bonds. The number of hydrogen-bond donors (Lipinski definition) is 3. The summed E-state index contributed by atoms with van der Waals surface area (Å²) in [4.78, 5) is 72.1. The minimum absolute atomic E-state index is 0.105. The smallest absolute Gasteiger partial charge is 0.462 e. The monoisotopic (exact) mass is 1240 g/mol. The van der Waals surface area contributed by atoms with E-state index in [4.69, 9.17) is 37.0 Å². The van der Waals surface area contributed by atoms with Gasteiger partial charge in [-0.25, -0.2) is 9.13 Å². The van der Waals surface area contributed by atoms with Crippen LogP contribution in [0.3, 0.4) is 0 Å². The molecule has 0 aliphatic carbocycles. The Hall–Kier alpha value is -1.94. The predicted octanol–water partition coefficient (Wildman–Crippen LogP) is 18.0. The molecule has 7 atom stereocenters. The maximum absolute atomic E-state index is 13.0. The summed E-state index contributed by atoms with van der Waals surface area (Å²) < 4.78 is 67.9. The zero-order chi connectivity index (χ0) is 62.2. The van der Waals surface area contributed by atoms with Crippen molar-refractivity contribution in [2.45, 2.75) is 342 Å². The molecule has 0 aromatic carbocycles. The number of phosphoric acid groups is 2. The number of carbonyl (C=O) groups is 4. The van der Waals surface area contributed by atoms with E-state index in [1.54, 1.807) is 0 Å². The van der Waals surface area contributed by atoms with E-state index in [0.717, 1.165) is 121 Å². The maximum atomic E-state index is 13.0. The van der Waals surface area contributed by atoms with E-state index >= 15 is 0 Å². The van der Waals surface area contributed by atoms with Crippen molar-refractivity contribution in [3.8, 4) is 0 Å². The molecule has 0 saturated carbocycles. The minimum Gasteiger partial charge on any atom is -0.462 e. The van der Waals surface area contributed by atoms with Crippen LogP contribution in [-0.2, 0) is 65.4 Å². The van der Waals surface area contributed by atoms with Crippen LogP contribution in [0.5, 0.6) is 0 Å². The third-order valence-electron chi connectivity index (χ3n) is 15.7. The fourth-order valence-electron chi connectivity index (χ4n) is 9.64. The van der Waals surface area contributed by atoms with Crippen LogP contribution in [-0.4, -0.2) is 96.7 Å². The van der Waals surface area contributed by atoms with E-state index < -0.39 is 97.5 Å². The molecule has 0 fully saturated rings. The molecule has 4 unspecified atom stereocenters. The average Bonchev–Trinajstić information content (AvgIpc) is 3.51. The molecule has 498 valence electrons. The number of rotatable bonds is 64. The lowest BCUT2D eigenvalue weighted by Gasteiger charge is -2.21. The number of hydrogen-bond acceptors (Lipinski definition) is 15. The van der Waals surface area contributed by atoms with Crippen molar-refractivity contribution in [1.29, 1.82) is 0 Å². The highest BCUT2D eigenvalue weighted by molar-refractivity contribution is 7.47. The first kappa shape index (κ1) is 82.1. The molecule has 3 N–H and O–H groups in total. The minimum atomic E-state index is -4.95. The van der Waals surface area contributed by atoms with Gasteiger partial charge in [-0.1, -0.05) is 273 Å². The standard InChI is InChI=1S/C65H126O17P2/c1-7-11-13-15-17-24-29-37-43-49-64(69)81-60(53-75-62(67)47-41-35-27-16-14-12-8-2)55-79-83(71,72)77-51-59(66)52-78-84(73,74)80-56-61(54-76-63(68)48-42-36-32-31-34-40-46-58(6)10-4)82-65(70)50-44-38-30-26-23-21-19-18-20-22-25-28-33-39-45-57(5)9-3/h57-61,66H,7-56H2,1-6H3,(H,71,72)(H,73,74)/t57?,58?,59-,60+,61+/m0/s1. The van der Waals surface area contributed by atoms with Gasteiger partial charge in [0.2, 0.25) is 0 Å². The van der Waals surface area contributed by atoms with Gasteiger partial charge in [-0.05, 0) is 37.5 Å². The fraction of sp³-hybridized carbons (Fsp3) is 0.938. The number of ether oxygens (including phenoxy) is 4. The van der Waals surface area contributed by atoms with Crippen molar-refractivity contribution >= 4 is 39.5 Å². The molecule has 0 spiro atoms. The first-order valence-corrected chi connectivity index (χ1v) is 37.1. The van der Waals surface area contributed by atoms with E-state index in [-0.39, 0.29) is 25.7 Å². The van der Waals surface area contributed by atoms with E-state index in [1.807, 2.05) is 0 Å². The second-order valence-corrected chi connectivity index (χ2v) is 26.9. The SMILES string of the molecule is CCCCCCCCCCCC(=O)O[C@H](COC(=O)CCCCCCCCC)COP(=O)(O)OC[C@H](O)COP(=O)(O)OC[C@@H](COC(=O)CCCCCCCCC(C)CC)OC(=O)CCCCCCCCCCCCCCCCC(C)CC. The van der Waals surface area contributed by atoms with Crippen LogP contribution in [0.25, 0.3) is 0 Å². The Kier molecular flexibility index (Phi) is 56.2. The highest BCUT2D eigenvalue weighted by Crippen LogP contribution is 2.45. The van der Waals surface area contributed by atoms with Crippen molar-refractivity contribution in [1.82, 2.24) is 0 Å². The molecule has 0 aliphatic heterocycles. The van der Waals surface area contributed by atoms with Crippen LogP contribution in [0.4, 0.5) is 0 Å². The van der Waals surface area contributed by atoms with E-state index in [2.05, 4.69) is 41.5 Å². The number of carbonyl (C=O) groups excluding carboxylic acids is 4. The van der Waals surface area contributed by atoms with Crippen molar-refractivity contribution in [3.63, 3.8) is 0 Å².